The summed E-state index contributed by atoms with van der Waals surface area (Å²) < 4.78 is 0. The van der Waals surface area contributed by atoms with E-state index in [1.54, 1.807) is 6.07 Å². The first-order valence-corrected chi connectivity index (χ1v) is 7.48. The first-order chi connectivity index (χ1) is 9.93. The molecule has 0 radical (unpaired) electrons. The van der Waals surface area contributed by atoms with Crippen LogP contribution in [0.3, 0.4) is 0 Å². The number of rotatable bonds is 3. The summed E-state index contributed by atoms with van der Waals surface area (Å²) in [5, 5.41) is 11.0. The Morgan fingerprint density at radius 1 is 1.29 bits per heavy atom. The maximum absolute atomic E-state index is 12.4. The summed E-state index contributed by atoms with van der Waals surface area (Å²) in [7, 11) is 0. The smallest absolute Gasteiger partial charge is 0.272 e. The van der Waals surface area contributed by atoms with E-state index in [9.17, 15) is 4.79 Å². The van der Waals surface area contributed by atoms with Crippen LogP contribution in [0.4, 0.5) is 0 Å². The van der Waals surface area contributed by atoms with Crippen molar-refractivity contribution in [2.24, 2.45) is 0 Å². The number of benzene rings is 1. The van der Waals surface area contributed by atoms with Crippen molar-refractivity contribution in [1.82, 2.24) is 15.5 Å². The van der Waals surface area contributed by atoms with Crippen molar-refractivity contribution in [2.75, 3.05) is 0 Å². The Morgan fingerprint density at radius 3 is 2.52 bits per heavy atom. The van der Waals surface area contributed by atoms with Gasteiger partial charge in [0.25, 0.3) is 5.91 Å². The lowest BCUT2D eigenvalue weighted by atomic mass is 10.0. The average Bonchev–Trinajstić information content (AvgIpc) is 3.14. The van der Waals surface area contributed by atoms with Crippen LogP contribution in [0.2, 0.25) is 10.0 Å². The molecule has 21 heavy (non-hydrogen) atoms. The van der Waals surface area contributed by atoms with Crippen molar-refractivity contribution in [1.29, 1.82) is 0 Å². The van der Waals surface area contributed by atoms with Crippen LogP contribution >= 0.6 is 23.2 Å². The fourth-order valence-electron chi connectivity index (χ4n) is 2.39. The first-order valence-electron chi connectivity index (χ1n) is 6.72. The number of carbonyl (C=O) groups excluding carboxylic acids is 1. The fourth-order valence-corrected chi connectivity index (χ4v) is 2.69. The van der Waals surface area contributed by atoms with Crippen LogP contribution in [0.15, 0.2) is 18.2 Å². The Morgan fingerprint density at radius 2 is 2.00 bits per heavy atom. The second-order valence-electron chi connectivity index (χ2n) is 5.49. The molecule has 0 unspecified atom stereocenters. The molecule has 0 aliphatic heterocycles. The number of halogens is 2. The number of hydrogen-bond donors (Lipinski definition) is 2. The Labute approximate surface area is 132 Å². The number of amides is 1. The number of aromatic nitrogens is 2. The molecule has 0 bridgehead atoms. The lowest BCUT2D eigenvalue weighted by Crippen LogP contribution is -2.35. The maximum Gasteiger partial charge on any atom is 0.272 e. The van der Waals surface area contributed by atoms with Crippen LogP contribution in [0, 0.1) is 13.8 Å². The third kappa shape index (κ3) is 2.54. The van der Waals surface area contributed by atoms with Crippen LogP contribution < -0.4 is 5.32 Å². The number of nitrogens with zero attached hydrogens (tertiary/aromatic N) is 1. The Bertz CT molecular complexity index is 720. The van der Waals surface area contributed by atoms with E-state index in [0.29, 0.717) is 15.7 Å². The molecule has 1 amide bonds. The molecule has 4 nitrogen and oxygen atoms in total. The number of aromatic amines is 1. The summed E-state index contributed by atoms with van der Waals surface area (Å²) >= 11 is 12.0. The molecule has 1 aliphatic rings. The summed E-state index contributed by atoms with van der Waals surface area (Å²) in [6.07, 6.45) is 1.78. The summed E-state index contributed by atoms with van der Waals surface area (Å²) in [6, 6.07) is 5.49. The van der Waals surface area contributed by atoms with E-state index < -0.39 is 0 Å². The standard InChI is InChI=1S/C15H15Cl2N3O/c1-8-9(2)19-20-13(8)14(21)18-15(5-6-15)10-3-4-11(16)12(17)7-10/h3-4,7H,5-6H2,1-2H3,(H,18,21)(H,19,20). The Hall–Kier alpha value is -1.52. The Kier molecular flexibility index (Phi) is 3.46. The SMILES string of the molecule is Cc1[nH]nc(C(=O)NC2(c3ccc(Cl)c(Cl)c3)CC2)c1C. The molecule has 1 aromatic carbocycles. The van der Waals surface area contributed by atoms with Gasteiger partial charge in [0.15, 0.2) is 5.69 Å². The zero-order chi connectivity index (χ0) is 15.2. The second-order valence-corrected chi connectivity index (χ2v) is 6.30. The van der Waals surface area contributed by atoms with Crippen molar-refractivity contribution in [3.05, 3.63) is 50.8 Å². The molecule has 0 atom stereocenters. The minimum Gasteiger partial charge on any atom is -0.341 e. The molecule has 2 aromatic rings. The van der Waals surface area contributed by atoms with E-state index >= 15 is 0 Å². The summed E-state index contributed by atoms with van der Waals surface area (Å²) in [4.78, 5) is 12.4. The van der Waals surface area contributed by atoms with E-state index in [1.807, 2.05) is 26.0 Å². The second kappa shape index (κ2) is 5.04. The zero-order valence-electron chi connectivity index (χ0n) is 11.8. The van der Waals surface area contributed by atoms with Crippen LogP contribution in [0.1, 0.15) is 40.2 Å². The molecule has 2 N–H and O–H groups in total. The third-order valence-corrected chi connectivity index (χ3v) is 4.78. The fraction of sp³-hybridized carbons (Fsp3) is 0.333. The van der Waals surface area contributed by atoms with Crippen LogP contribution in [0.5, 0.6) is 0 Å². The molecule has 6 heteroatoms. The average molecular weight is 324 g/mol. The van der Waals surface area contributed by atoms with E-state index in [4.69, 9.17) is 23.2 Å². The number of hydrogen-bond acceptors (Lipinski definition) is 2. The molecule has 1 fully saturated rings. The molecule has 1 aliphatic carbocycles. The van der Waals surface area contributed by atoms with Gasteiger partial charge in [-0.1, -0.05) is 29.3 Å². The van der Waals surface area contributed by atoms with Gasteiger partial charge < -0.3 is 5.32 Å². The van der Waals surface area contributed by atoms with Crippen molar-refractivity contribution in [2.45, 2.75) is 32.2 Å². The highest BCUT2D eigenvalue weighted by atomic mass is 35.5. The van der Waals surface area contributed by atoms with Gasteiger partial charge in [0.05, 0.1) is 15.6 Å². The number of H-pyrrole nitrogens is 1. The Balaban J connectivity index is 1.85. The van der Waals surface area contributed by atoms with Gasteiger partial charge in [-0.05, 0) is 44.4 Å². The van der Waals surface area contributed by atoms with Crippen LogP contribution in [-0.4, -0.2) is 16.1 Å². The quantitative estimate of drug-likeness (QED) is 0.903. The van der Waals surface area contributed by atoms with E-state index in [2.05, 4.69) is 15.5 Å². The van der Waals surface area contributed by atoms with Gasteiger partial charge in [-0.15, -0.1) is 0 Å². The van der Waals surface area contributed by atoms with Crippen molar-refractivity contribution in [3.8, 4) is 0 Å². The van der Waals surface area contributed by atoms with E-state index in [0.717, 1.165) is 29.7 Å². The predicted octanol–water partition coefficient (Wildman–Crippen LogP) is 3.75. The summed E-state index contributed by atoms with van der Waals surface area (Å²) in [6.45, 7) is 3.78. The molecule has 110 valence electrons. The van der Waals surface area contributed by atoms with Gasteiger partial charge in [0, 0.05) is 11.3 Å². The van der Waals surface area contributed by atoms with Crippen molar-refractivity contribution < 1.29 is 4.79 Å². The molecule has 3 rings (SSSR count). The topological polar surface area (TPSA) is 57.8 Å². The van der Waals surface area contributed by atoms with Crippen molar-refractivity contribution >= 4 is 29.1 Å². The number of carbonyl (C=O) groups is 1. The van der Waals surface area contributed by atoms with Gasteiger partial charge in [-0.25, -0.2) is 0 Å². The molecule has 1 saturated carbocycles. The molecule has 0 saturated heterocycles. The van der Waals surface area contributed by atoms with Crippen LogP contribution in [-0.2, 0) is 5.54 Å². The summed E-state index contributed by atoms with van der Waals surface area (Å²) in [5.74, 6) is -0.166. The molecule has 1 heterocycles. The molecular weight excluding hydrogens is 309 g/mol. The summed E-state index contributed by atoms with van der Waals surface area (Å²) in [5.41, 5.74) is 2.86. The highest BCUT2D eigenvalue weighted by molar-refractivity contribution is 6.42. The highest BCUT2D eigenvalue weighted by Crippen LogP contribution is 2.46. The van der Waals surface area contributed by atoms with Crippen molar-refractivity contribution in [3.63, 3.8) is 0 Å². The normalized spacial score (nSPS) is 15.8. The van der Waals surface area contributed by atoms with Gasteiger partial charge in [0.1, 0.15) is 0 Å². The van der Waals surface area contributed by atoms with E-state index in [1.165, 1.54) is 0 Å². The molecule has 1 aromatic heterocycles. The number of aryl methyl sites for hydroxylation is 1. The van der Waals surface area contributed by atoms with E-state index in [-0.39, 0.29) is 11.4 Å². The predicted molar refractivity (Wildman–Crippen MR) is 82.9 cm³/mol. The maximum atomic E-state index is 12.4. The minimum absolute atomic E-state index is 0.166. The minimum atomic E-state index is -0.343. The lowest BCUT2D eigenvalue weighted by Gasteiger charge is -2.18. The zero-order valence-corrected chi connectivity index (χ0v) is 13.3. The lowest BCUT2D eigenvalue weighted by molar-refractivity contribution is 0.0925. The van der Waals surface area contributed by atoms with Gasteiger partial charge in [0.2, 0.25) is 0 Å². The first kappa shape index (κ1) is 14.4. The molecular formula is C15H15Cl2N3O. The highest BCUT2D eigenvalue weighted by Gasteiger charge is 2.46. The van der Waals surface area contributed by atoms with Gasteiger partial charge >= 0.3 is 0 Å². The van der Waals surface area contributed by atoms with Crippen LogP contribution in [0.25, 0.3) is 0 Å². The van der Waals surface area contributed by atoms with Gasteiger partial charge in [-0.3, -0.25) is 9.89 Å². The third-order valence-electron chi connectivity index (χ3n) is 4.04. The van der Waals surface area contributed by atoms with Gasteiger partial charge in [-0.2, -0.15) is 5.10 Å². The monoisotopic (exact) mass is 323 g/mol. The largest absolute Gasteiger partial charge is 0.341 e. The number of nitrogens with one attached hydrogen (secondary N) is 2. The molecule has 0 spiro atoms.